The minimum atomic E-state index is -3.62. The van der Waals surface area contributed by atoms with Gasteiger partial charge in [0.1, 0.15) is 9.84 Å². The molecule has 0 bridgehead atoms. The number of anilines is 1. The maximum absolute atomic E-state index is 13.6. The molecule has 36 heavy (non-hydrogen) atoms. The molecule has 1 aliphatic rings. The largest absolute Gasteiger partial charge is 0.493 e. The van der Waals surface area contributed by atoms with E-state index in [2.05, 4.69) is 5.32 Å². The van der Waals surface area contributed by atoms with Crippen LogP contribution in [0.15, 0.2) is 36.4 Å². The van der Waals surface area contributed by atoms with Crippen LogP contribution in [0.3, 0.4) is 0 Å². The van der Waals surface area contributed by atoms with Gasteiger partial charge < -0.3 is 20.5 Å². The van der Waals surface area contributed by atoms with E-state index in [0.29, 0.717) is 43.1 Å². The second-order valence-electron chi connectivity index (χ2n) is 8.45. The number of amides is 3. The van der Waals surface area contributed by atoms with Crippen LogP contribution in [0.2, 0.25) is 0 Å². The molecule has 1 aliphatic heterocycles. The van der Waals surface area contributed by atoms with Crippen LogP contribution >= 0.6 is 0 Å². The summed E-state index contributed by atoms with van der Waals surface area (Å²) in [5.41, 5.74) is 6.20. The van der Waals surface area contributed by atoms with Crippen molar-refractivity contribution in [1.82, 2.24) is 4.90 Å². The normalized spacial score (nSPS) is 13.9. The molecule has 3 N–H and O–H groups in total. The lowest BCUT2D eigenvalue weighted by Gasteiger charge is -2.27. The summed E-state index contributed by atoms with van der Waals surface area (Å²) in [6.07, 6.45) is 2.53. The number of carbonyl (C=O) groups excluding carboxylic acids is 3. The van der Waals surface area contributed by atoms with Gasteiger partial charge in [-0.1, -0.05) is 12.1 Å². The van der Waals surface area contributed by atoms with Crippen molar-refractivity contribution in [3.8, 4) is 11.5 Å². The molecule has 194 valence electrons. The molecule has 2 aromatic rings. The lowest BCUT2D eigenvalue weighted by molar-refractivity contribution is -0.116. The number of rotatable bonds is 12. The van der Waals surface area contributed by atoms with E-state index in [4.69, 9.17) is 15.2 Å². The Bertz CT molecular complexity index is 1260. The minimum Gasteiger partial charge on any atom is -0.493 e. The molecular weight excluding hydrogens is 486 g/mol. The first-order valence-corrected chi connectivity index (χ1v) is 13.7. The average Bonchev–Trinajstić information content (AvgIpc) is 3.08. The summed E-state index contributed by atoms with van der Waals surface area (Å²) in [7, 11) is -2.15. The number of unbranched alkanes of at least 4 members (excludes halogenated alkanes) is 1. The van der Waals surface area contributed by atoms with E-state index in [1.165, 1.54) is 13.2 Å². The van der Waals surface area contributed by atoms with Gasteiger partial charge in [0.2, 0.25) is 5.91 Å². The third-order valence-corrected chi connectivity index (χ3v) is 6.64. The van der Waals surface area contributed by atoms with Crippen molar-refractivity contribution >= 4 is 33.2 Å². The van der Waals surface area contributed by atoms with Gasteiger partial charge in [0.25, 0.3) is 11.8 Å². The lowest BCUT2D eigenvalue weighted by atomic mass is 10.1. The molecule has 0 aliphatic carbocycles. The maximum Gasteiger partial charge on any atom is 0.264 e. The second-order valence-corrected chi connectivity index (χ2v) is 10.6. The third-order valence-electron chi connectivity index (χ3n) is 5.72. The first kappa shape index (κ1) is 27.2. The van der Waals surface area contributed by atoms with Crippen LogP contribution in [0.25, 0.3) is 0 Å². The van der Waals surface area contributed by atoms with Gasteiger partial charge in [-0.25, -0.2) is 8.42 Å². The van der Waals surface area contributed by atoms with Crippen LogP contribution in [0.4, 0.5) is 5.69 Å². The molecule has 0 saturated heterocycles. The number of nitrogens with zero attached hydrogens (tertiary/aromatic N) is 1. The van der Waals surface area contributed by atoms with Crippen LogP contribution in [-0.2, 0) is 14.6 Å². The van der Waals surface area contributed by atoms with Crippen molar-refractivity contribution in [3.63, 3.8) is 0 Å². The molecular formula is C25H31N3O7S. The maximum atomic E-state index is 13.6. The van der Waals surface area contributed by atoms with E-state index in [0.717, 1.165) is 11.2 Å². The molecule has 0 unspecified atom stereocenters. The Balaban J connectivity index is 2.02. The van der Waals surface area contributed by atoms with Gasteiger partial charge in [-0.05, 0) is 56.1 Å². The molecule has 1 heterocycles. The zero-order chi connectivity index (χ0) is 26.5. The predicted octanol–water partition coefficient (Wildman–Crippen LogP) is 2.54. The van der Waals surface area contributed by atoms with E-state index in [1.54, 1.807) is 37.3 Å². The molecule has 10 nitrogen and oxygen atoms in total. The molecule has 0 aromatic heterocycles. The molecule has 3 amide bonds. The number of methoxy groups -OCH3 is 1. The number of hydrogen-bond donors (Lipinski definition) is 2. The number of nitrogens with two attached hydrogens (primary N) is 1. The van der Waals surface area contributed by atoms with E-state index in [9.17, 15) is 22.8 Å². The summed E-state index contributed by atoms with van der Waals surface area (Å²) >= 11 is 0. The summed E-state index contributed by atoms with van der Waals surface area (Å²) in [6, 6.07) is 8.24. The molecule has 3 rings (SSSR count). The monoisotopic (exact) mass is 517 g/mol. The fraction of sp³-hybridized carbons (Fsp3) is 0.400. The summed E-state index contributed by atoms with van der Waals surface area (Å²) in [4.78, 5) is 40.3. The first-order chi connectivity index (χ1) is 17.1. The number of carbonyl (C=O) groups is 3. The number of imide groups is 1. The molecule has 0 spiro atoms. The van der Waals surface area contributed by atoms with Crippen molar-refractivity contribution in [3.05, 3.63) is 53.1 Å². The van der Waals surface area contributed by atoms with Crippen molar-refractivity contribution < 1.29 is 32.3 Å². The first-order valence-electron chi connectivity index (χ1n) is 11.6. The van der Waals surface area contributed by atoms with Gasteiger partial charge in [-0.3, -0.25) is 19.3 Å². The number of nitrogens with one attached hydrogen (secondary N) is 1. The summed E-state index contributed by atoms with van der Waals surface area (Å²) in [5.74, 6) is -1.33. The number of ether oxygens (including phenoxy) is 2. The quantitative estimate of drug-likeness (QED) is 0.323. The van der Waals surface area contributed by atoms with E-state index >= 15 is 0 Å². The Morgan fingerprint density at radius 1 is 1.11 bits per heavy atom. The minimum absolute atomic E-state index is 0.0340. The van der Waals surface area contributed by atoms with Gasteiger partial charge in [0.05, 0.1) is 42.3 Å². The Labute approximate surface area is 210 Å². The van der Waals surface area contributed by atoms with Crippen molar-refractivity contribution in [2.24, 2.45) is 5.73 Å². The second kappa shape index (κ2) is 11.5. The number of sulfone groups is 1. The average molecular weight is 518 g/mol. The number of hydrogen-bond acceptors (Lipinski definition) is 8. The van der Waals surface area contributed by atoms with Crippen molar-refractivity contribution in [1.29, 1.82) is 0 Å². The van der Waals surface area contributed by atoms with Crippen LogP contribution in [-0.4, -0.2) is 63.3 Å². The fourth-order valence-corrected chi connectivity index (χ4v) is 5.02. The fourth-order valence-electron chi connectivity index (χ4n) is 4.11. The highest BCUT2D eigenvalue weighted by Crippen LogP contribution is 2.38. The third kappa shape index (κ3) is 6.03. The molecule has 0 fully saturated rings. The van der Waals surface area contributed by atoms with Crippen LogP contribution in [0, 0.1) is 0 Å². The number of benzene rings is 2. The Morgan fingerprint density at radius 3 is 2.50 bits per heavy atom. The van der Waals surface area contributed by atoms with Crippen molar-refractivity contribution in [2.45, 2.75) is 32.2 Å². The SMILES string of the molecule is CCOc1cc([C@@H](CS(C)(=O)=O)N2C(=O)c3cccc(NC(=O)CCCCN)c3C2=O)ccc1OC. The molecule has 0 saturated carbocycles. The van der Waals surface area contributed by atoms with Gasteiger partial charge >= 0.3 is 0 Å². The van der Waals surface area contributed by atoms with Crippen LogP contribution in [0.5, 0.6) is 11.5 Å². The predicted molar refractivity (Wildman–Crippen MR) is 135 cm³/mol. The van der Waals surface area contributed by atoms with Crippen LogP contribution < -0.4 is 20.5 Å². The lowest BCUT2D eigenvalue weighted by Crippen LogP contribution is -2.37. The van der Waals surface area contributed by atoms with Crippen LogP contribution in [0.1, 0.15) is 58.5 Å². The molecule has 2 aromatic carbocycles. The van der Waals surface area contributed by atoms with Crippen molar-refractivity contribution in [2.75, 3.05) is 37.6 Å². The van der Waals surface area contributed by atoms with Gasteiger partial charge in [0, 0.05) is 12.7 Å². The van der Waals surface area contributed by atoms with E-state index in [-0.39, 0.29) is 29.1 Å². The summed E-state index contributed by atoms with van der Waals surface area (Å²) < 4.78 is 35.6. The standard InChI is InChI=1S/C25H31N3O7S/c1-4-35-21-14-16(11-12-20(21)34-2)19(15-36(3,32)33)28-24(30)17-8-7-9-18(23(17)25(28)31)27-22(29)10-5-6-13-26/h7-9,11-12,14,19H,4-6,10,13,15,26H2,1-3H3,(H,27,29)/t19-/m1/s1. The number of fused-ring (bicyclic) bond motifs is 1. The molecule has 11 heteroatoms. The highest BCUT2D eigenvalue weighted by atomic mass is 32.2. The van der Waals surface area contributed by atoms with Gasteiger partial charge in [-0.15, -0.1) is 0 Å². The summed E-state index contributed by atoms with van der Waals surface area (Å²) in [6.45, 7) is 2.59. The van der Waals surface area contributed by atoms with E-state index < -0.39 is 33.4 Å². The van der Waals surface area contributed by atoms with E-state index in [1.807, 2.05) is 0 Å². The highest BCUT2D eigenvalue weighted by Gasteiger charge is 2.43. The zero-order valence-electron chi connectivity index (χ0n) is 20.6. The zero-order valence-corrected chi connectivity index (χ0v) is 21.4. The molecule has 0 radical (unpaired) electrons. The smallest absolute Gasteiger partial charge is 0.264 e. The Morgan fingerprint density at radius 2 is 1.86 bits per heavy atom. The van der Waals surface area contributed by atoms with Gasteiger partial charge in [0.15, 0.2) is 11.5 Å². The topological polar surface area (TPSA) is 145 Å². The van der Waals surface area contributed by atoms with Gasteiger partial charge in [-0.2, -0.15) is 0 Å². The summed E-state index contributed by atoms with van der Waals surface area (Å²) in [5, 5.41) is 2.71. The Hall–Kier alpha value is -3.44. The Kier molecular flexibility index (Phi) is 8.70. The highest BCUT2D eigenvalue weighted by molar-refractivity contribution is 7.90. The molecule has 1 atom stereocenters.